The second-order valence-electron chi connectivity index (χ2n) is 6.57. The number of nitrogens with one attached hydrogen (secondary N) is 1. The van der Waals surface area contributed by atoms with Gasteiger partial charge in [0.15, 0.2) is 6.10 Å². The van der Waals surface area contributed by atoms with Gasteiger partial charge in [0.1, 0.15) is 6.10 Å². The van der Waals surface area contributed by atoms with Crippen molar-refractivity contribution in [3.63, 3.8) is 0 Å². The first kappa shape index (κ1) is 18.1. The van der Waals surface area contributed by atoms with Gasteiger partial charge in [-0.15, -0.1) is 0 Å². The summed E-state index contributed by atoms with van der Waals surface area (Å²) in [6.45, 7) is 2.03. The molecule has 0 aliphatic carbocycles. The first-order valence-electron chi connectivity index (χ1n) is 8.67. The van der Waals surface area contributed by atoms with Crippen molar-refractivity contribution in [1.29, 1.82) is 0 Å². The number of carboxylic acids is 1. The number of hydrogen-bond acceptors (Lipinski definition) is 4. The van der Waals surface area contributed by atoms with Crippen LogP contribution in [0.1, 0.15) is 35.6 Å². The number of aryl methyl sites for hydroxylation is 1. The van der Waals surface area contributed by atoms with Crippen LogP contribution in [0, 0.1) is 6.92 Å². The van der Waals surface area contributed by atoms with Gasteiger partial charge in [-0.3, -0.25) is 9.78 Å². The van der Waals surface area contributed by atoms with Crippen LogP contribution in [0.2, 0.25) is 0 Å². The molecule has 1 aliphatic rings. The van der Waals surface area contributed by atoms with Gasteiger partial charge in [0.25, 0.3) is 0 Å². The Balaban J connectivity index is 1.72. The molecule has 0 bridgehead atoms. The highest BCUT2D eigenvalue weighted by atomic mass is 16.5. The normalized spacial score (nSPS) is 20.5. The first-order chi connectivity index (χ1) is 12.5. The van der Waals surface area contributed by atoms with Gasteiger partial charge in [0.2, 0.25) is 5.91 Å². The van der Waals surface area contributed by atoms with Crippen LogP contribution in [0.5, 0.6) is 0 Å². The van der Waals surface area contributed by atoms with Crippen LogP contribution in [0.4, 0.5) is 0 Å². The molecule has 1 aliphatic heterocycles. The third-order valence-corrected chi connectivity index (χ3v) is 4.55. The smallest absolute Gasteiger partial charge is 0.332 e. The molecule has 1 fully saturated rings. The molecule has 2 N–H and O–H groups in total. The quantitative estimate of drug-likeness (QED) is 0.832. The minimum absolute atomic E-state index is 0.258. The van der Waals surface area contributed by atoms with Gasteiger partial charge < -0.3 is 15.2 Å². The molecule has 1 aromatic carbocycles. The molecule has 0 spiro atoms. The zero-order valence-corrected chi connectivity index (χ0v) is 14.6. The molecule has 26 heavy (non-hydrogen) atoms. The fourth-order valence-electron chi connectivity index (χ4n) is 3.07. The van der Waals surface area contributed by atoms with Gasteiger partial charge in [0, 0.05) is 12.4 Å². The lowest BCUT2D eigenvalue weighted by Crippen LogP contribution is -2.38. The summed E-state index contributed by atoms with van der Waals surface area (Å²) in [5.74, 6) is -1.31. The van der Waals surface area contributed by atoms with Crippen molar-refractivity contribution >= 4 is 11.9 Å². The lowest BCUT2D eigenvalue weighted by Gasteiger charge is -2.21. The number of aromatic nitrogens is 1. The first-order valence-corrected chi connectivity index (χ1v) is 8.67. The van der Waals surface area contributed by atoms with Crippen molar-refractivity contribution in [1.82, 2.24) is 10.3 Å². The number of carbonyl (C=O) groups excluding carboxylic acids is 1. The van der Waals surface area contributed by atoms with Crippen LogP contribution >= 0.6 is 0 Å². The molecule has 3 atom stereocenters. The predicted octanol–water partition coefficient (Wildman–Crippen LogP) is 2.42. The maximum atomic E-state index is 12.6. The van der Waals surface area contributed by atoms with Crippen molar-refractivity contribution in [2.24, 2.45) is 0 Å². The fourth-order valence-corrected chi connectivity index (χ4v) is 3.07. The van der Waals surface area contributed by atoms with Crippen LogP contribution in [0.3, 0.4) is 0 Å². The average Bonchev–Trinajstić information content (AvgIpc) is 3.14. The maximum absolute atomic E-state index is 12.6. The molecule has 1 aromatic heterocycles. The van der Waals surface area contributed by atoms with Crippen LogP contribution in [-0.4, -0.2) is 34.2 Å². The largest absolute Gasteiger partial charge is 0.479 e. The summed E-state index contributed by atoms with van der Waals surface area (Å²) in [7, 11) is 0. The van der Waals surface area contributed by atoms with Gasteiger partial charge >= 0.3 is 5.97 Å². The van der Waals surface area contributed by atoms with Crippen LogP contribution in [-0.2, 0) is 20.7 Å². The van der Waals surface area contributed by atoms with Crippen molar-refractivity contribution in [3.05, 3.63) is 65.5 Å². The Kier molecular flexibility index (Phi) is 5.63. The minimum Gasteiger partial charge on any atom is -0.479 e. The zero-order chi connectivity index (χ0) is 18.5. The number of hydrogen-bond donors (Lipinski definition) is 2. The summed E-state index contributed by atoms with van der Waals surface area (Å²) < 4.78 is 5.36. The number of benzene rings is 1. The molecule has 3 rings (SSSR count). The van der Waals surface area contributed by atoms with E-state index in [2.05, 4.69) is 10.3 Å². The van der Waals surface area contributed by atoms with E-state index in [0.29, 0.717) is 19.3 Å². The van der Waals surface area contributed by atoms with Gasteiger partial charge in [-0.1, -0.05) is 35.9 Å². The number of carboxylic acid groups (broad SMARTS) is 1. The van der Waals surface area contributed by atoms with Gasteiger partial charge in [-0.25, -0.2) is 4.79 Å². The van der Waals surface area contributed by atoms with E-state index < -0.39 is 18.2 Å². The monoisotopic (exact) mass is 354 g/mol. The number of amides is 1. The van der Waals surface area contributed by atoms with Gasteiger partial charge in [0.05, 0.1) is 6.04 Å². The maximum Gasteiger partial charge on any atom is 0.332 e. The number of rotatable bonds is 6. The number of carbonyl (C=O) groups is 2. The van der Waals surface area contributed by atoms with E-state index in [1.807, 2.05) is 43.3 Å². The number of aliphatic carboxylic acids is 1. The number of ether oxygens (including phenoxy) is 1. The zero-order valence-electron chi connectivity index (χ0n) is 14.6. The summed E-state index contributed by atoms with van der Waals surface area (Å²) in [5.41, 5.74) is 3.17. The highest BCUT2D eigenvalue weighted by Gasteiger charge is 2.35. The van der Waals surface area contributed by atoms with Gasteiger partial charge in [-0.05, 0) is 43.4 Å². The summed E-state index contributed by atoms with van der Waals surface area (Å²) in [5, 5.41) is 12.0. The molecule has 2 heterocycles. The molecule has 1 amide bonds. The Morgan fingerprint density at radius 3 is 2.58 bits per heavy atom. The van der Waals surface area contributed by atoms with Crippen molar-refractivity contribution in [2.45, 2.75) is 44.4 Å². The molecule has 136 valence electrons. The fraction of sp³-hybridized carbons (Fsp3) is 0.350. The highest BCUT2D eigenvalue weighted by molar-refractivity contribution is 5.83. The second kappa shape index (κ2) is 8.10. The Labute approximate surface area is 152 Å². The minimum atomic E-state index is -1.02. The van der Waals surface area contributed by atoms with E-state index in [0.717, 1.165) is 11.1 Å². The summed E-state index contributed by atoms with van der Waals surface area (Å²) in [4.78, 5) is 27.8. The number of nitrogens with zero attached hydrogens (tertiary/aromatic N) is 1. The SMILES string of the molecule is Cc1ccc(CC(NC(=O)[C@H]2CC[C@@H](C(=O)O)O2)c2cccnc2)cc1. The van der Waals surface area contributed by atoms with Gasteiger partial charge in [-0.2, -0.15) is 0 Å². The summed E-state index contributed by atoms with van der Waals surface area (Å²) in [6, 6.07) is 11.6. The molecular formula is C20H22N2O4. The van der Waals surface area contributed by atoms with E-state index in [4.69, 9.17) is 9.84 Å². The van der Waals surface area contributed by atoms with Crippen LogP contribution < -0.4 is 5.32 Å². The molecular weight excluding hydrogens is 332 g/mol. The standard InChI is InChI=1S/C20H22N2O4/c1-13-4-6-14(7-5-13)11-16(15-3-2-10-21-12-15)22-19(23)17-8-9-18(26-17)20(24)25/h2-7,10,12,16-18H,8-9,11H2,1H3,(H,22,23)(H,24,25)/t16?,17-,18+/m1/s1. The van der Waals surface area contributed by atoms with E-state index in [1.165, 1.54) is 5.56 Å². The van der Waals surface area contributed by atoms with E-state index in [9.17, 15) is 9.59 Å². The lowest BCUT2D eigenvalue weighted by molar-refractivity contribution is -0.151. The molecule has 0 saturated carbocycles. The van der Waals surface area contributed by atoms with Crippen LogP contribution in [0.25, 0.3) is 0 Å². The topological polar surface area (TPSA) is 88.5 Å². The Morgan fingerprint density at radius 2 is 1.96 bits per heavy atom. The molecule has 1 unspecified atom stereocenters. The lowest BCUT2D eigenvalue weighted by atomic mass is 9.99. The summed E-state index contributed by atoms with van der Waals surface area (Å²) in [6.07, 6.45) is 3.16. The molecule has 6 heteroatoms. The predicted molar refractivity (Wildman–Crippen MR) is 95.5 cm³/mol. The van der Waals surface area contributed by atoms with Crippen molar-refractivity contribution in [2.75, 3.05) is 0 Å². The third kappa shape index (κ3) is 4.46. The van der Waals surface area contributed by atoms with E-state index in [-0.39, 0.29) is 11.9 Å². The van der Waals surface area contributed by atoms with Crippen molar-refractivity contribution < 1.29 is 19.4 Å². The molecule has 2 aromatic rings. The Hall–Kier alpha value is -2.73. The van der Waals surface area contributed by atoms with E-state index in [1.54, 1.807) is 12.4 Å². The average molecular weight is 354 g/mol. The summed E-state index contributed by atoms with van der Waals surface area (Å²) >= 11 is 0. The highest BCUT2D eigenvalue weighted by Crippen LogP contribution is 2.23. The van der Waals surface area contributed by atoms with Crippen molar-refractivity contribution in [3.8, 4) is 0 Å². The second-order valence-corrected chi connectivity index (χ2v) is 6.57. The van der Waals surface area contributed by atoms with E-state index >= 15 is 0 Å². The molecule has 6 nitrogen and oxygen atoms in total. The molecule has 1 saturated heterocycles. The Bertz CT molecular complexity index is 761. The molecule has 0 radical (unpaired) electrons. The van der Waals surface area contributed by atoms with Crippen LogP contribution in [0.15, 0.2) is 48.8 Å². The Morgan fingerprint density at radius 1 is 1.23 bits per heavy atom. The third-order valence-electron chi connectivity index (χ3n) is 4.55. The number of pyridine rings is 1.